The minimum atomic E-state index is -3.47. The van der Waals surface area contributed by atoms with Crippen molar-refractivity contribution in [1.82, 2.24) is 0 Å². The molecule has 1 heterocycles. The van der Waals surface area contributed by atoms with Gasteiger partial charge in [-0.15, -0.1) is 0 Å². The van der Waals surface area contributed by atoms with E-state index in [0.29, 0.717) is 11.3 Å². The molecule has 1 aromatic rings. The third kappa shape index (κ3) is 1.80. The minimum absolute atomic E-state index is 0.0669. The maximum absolute atomic E-state index is 11.7. The zero-order chi connectivity index (χ0) is 12.6. The molecular weight excluding hydrogens is 244 g/mol. The molecule has 0 unspecified atom stereocenters. The number of methoxy groups -OCH3 is 2. The molecule has 0 radical (unpaired) electrons. The molecule has 17 heavy (non-hydrogen) atoms. The summed E-state index contributed by atoms with van der Waals surface area (Å²) in [7, 11) is -0.828. The van der Waals surface area contributed by atoms with Gasteiger partial charge < -0.3 is 9.47 Å². The molecule has 0 amide bonds. The summed E-state index contributed by atoms with van der Waals surface area (Å²) >= 11 is 0. The number of sulfone groups is 1. The van der Waals surface area contributed by atoms with E-state index in [1.165, 1.54) is 32.4 Å². The zero-order valence-electron chi connectivity index (χ0n) is 9.26. The summed E-state index contributed by atoms with van der Waals surface area (Å²) in [5.41, 5.74) is 0.607. The molecule has 1 aromatic carbocycles. The predicted octanol–water partition coefficient (Wildman–Crippen LogP) is 1.24. The van der Waals surface area contributed by atoms with Crippen LogP contribution in [-0.2, 0) is 14.6 Å². The summed E-state index contributed by atoms with van der Waals surface area (Å²) in [5.74, 6) is -0.270. The quantitative estimate of drug-likeness (QED) is 0.743. The van der Waals surface area contributed by atoms with E-state index in [2.05, 4.69) is 4.74 Å². The Morgan fingerprint density at radius 2 is 1.94 bits per heavy atom. The maximum Gasteiger partial charge on any atom is 0.338 e. The van der Waals surface area contributed by atoms with Gasteiger partial charge in [-0.25, -0.2) is 13.2 Å². The molecule has 2 rings (SSSR count). The second kappa shape index (κ2) is 3.89. The molecule has 90 valence electrons. The van der Waals surface area contributed by atoms with Crippen molar-refractivity contribution >= 4 is 21.9 Å². The molecule has 0 aromatic heterocycles. The summed E-state index contributed by atoms with van der Waals surface area (Å²) < 4.78 is 33.0. The Morgan fingerprint density at radius 3 is 2.53 bits per heavy atom. The van der Waals surface area contributed by atoms with Crippen LogP contribution < -0.4 is 4.74 Å². The summed E-state index contributed by atoms with van der Waals surface area (Å²) in [6.07, 6.45) is 1.45. The molecular formula is C11H10O5S. The number of carbonyl (C=O) groups is 1. The van der Waals surface area contributed by atoms with Gasteiger partial charge in [-0.1, -0.05) is 0 Å². The van der Waals surface area contributed by atoms with Crippen LogP contribution in [0.25, 0.3) is 6.08 Å². The first-order valence-electron chi connectivity index (χ1n) is 4.73. The van der Waals surface area contributed by atoms with Crippen molar-refractivity contribution in [3.8, 4) is 5.75 Å². The number of benzene rings is 1. The van der Waals surface area contributed by atoms with E-state index in [9.17, 15) is 13.2 Å². The number of esters is 1. The highest BCUT2D eigenvalue weighted by Crippen LogP contribution is 2.35. The van der Waals surface area contributed by atoms with Crippen LogP contribution in [0.5, 0.6) is 5.75 Å². The van der Waals surface area contributed by atoms with Gasteiger partial charge in [0.1, 0.15) is 5.75 Å². The fourth-order valence-electron chi connectivity index (χ4n) is 1.64. The van der Waals surface area contributed by atoms with E-state index in [0.717, 1.165) is 5.41 Å². The molecule has 0 aliphatic carbocycles. The molecule has 0 bridgehead atoms. The molecule has 0 saturated heterocycles. The maximum atomic E-state index is 11.7. The Bertz CT molecular complexity index is 613. The highest BCUT2D eigenvalue weighted by atomic mass is 32.2. The van der Waals surface area contributed by atoms with Crippen LogP contribution in [0.2, 0.25) is 0 Å². The third-order valence-electron chi connectivity index (χ3n) is 2.47. The number of hydrogen-bond donors (Lipinski definition) is 0. The summed E-state index contributed by atoms with van der Waals surface area (Å²) in [6, 6.07) is 2.74. The lowest BCUT2D eigenvalue weighted by Gasteiger charge is -2.08. The van der Waals surface area contributed by atoms with E-state index in [1.54, 1.807) is 0 Å². The number of ether oxygens (including phenoxy) is 2. The van der Waals surface area contributed by atoms with Gasteiger partial charge in [-0.2, -0.15) is 0 Å². The van der Waals surface area contributed by atoms with Gasteiger partial charge in [-0.3, -0.25) is 0 Å². The van der Waals surface area contributed by atoms with Crippen molar-refractivity contribution in [2.45, 2.75) is 4.90 Å². The summed E-state index contributed by atoms with van der Waals surface area (Å²) in [6.45, 7) is 0. The Kier molecular flexibility index (Phi) is 2.66. The van der Waals surface area contributed by atoms with Gasteiger partial charge in [0.15, 0.2) is 0 Å². The Morgan fingerprint density at radius 1 is 1.24 bits per heavy atom. The molecule has 0 N–H and O–H groups in total. The zero-order valence-corrected chi connectivity index (χ0v) is 10.1. The lowest BCUT2D eigenvalue weighted by atomic mass is 10.1. The smallest absolute Gasteiger partial charge is 0.338 e. The second-order valence-electron chi connectivity index (χ2n) is 3.43. The third-order valence-corrected chi connectivity index (χ3v) is 3.91. The van der Waals surface area contributed by atoms with Crippen molar-refractivity contribution in [3.05, 3.63) is 28.7 Å². The Balaban J connectivity index is 2.70. The van der Waals surface area contributed by atoms with E-state index in [-0.39, 0.29) is 10.5 Å². The first-order chi connectivity index (χ1) is 7.99. The number of carbonyl (C=O) groups excluding carboxylic acids is 1. The van der Waals surface area contributed by atoms with Crippen molar-refractivity contribution in [2.24, 2.45) is 0 Å². The molecule has 1 aliphatic heterocycles. The number of fused-ring (bicyclic) bond motifs is 1. The largest absolute Gasteiger partial charge is 0.496 e. The van der Waals surface area contributed by atoms with Crippen molar-refractivity contribution in [2.75, 3.05) is 14.2 Å². The molecule has 0 saturated carbocycles. The standard InChI is InChI=1S/C11H10O5S/c1-15-9-5-7(11(12)16-2)6-10-8(9)3-4-17(10,13)14/h3-6H,1-2H3. The first-order valence-corrected chi connectivity index (χ1v) is 6.28. The molecule has 6 heteroatoms. The summed E-state index contributed by atoms with van der Waals surface area (Å²) in [4.78, 5) is 11.5. The predicted molar refractivity (Wildman–Crippen MR) is 60.6 cm³/mol. The lowest BCUT2D eigenvalue weighted by molar-refractivity contribution is 0.0600. The van der Waals surface area contributed by atoms with Crippen LogP contribution in [0.1, 0.15) is 15.9 Å². The van der Waals surface area contributed by atoms with Crippen molar-refractivity contribution in [3.63, 3.8) is 0 Å². The summed E-state index contributed by atoms with van der Waals surface area (Å²) in [5, 5.41) is 1.08. The minimum Gasteiger partial charge on any atom is -0.496 e. The first kappa shape index (κ1) is 11.7. The fraction of sp³-hybridized carbons (Fsp3) is 0.182. The molecule has 5 nitrogen and oxygen atoms in total. The van der Waals surface area contributed by atoms with Gasteiger partial charge in [0.2, 0.25) is 9.84 Å². The topological polar surface area (TPSA) is 69.7 Å². The van der Waals surface area contributed by atoms with Gasteiger partial charge in [-0.05, 0) is 18.2 Å². The van der Waals surface area contributed by atoms with E-state index < -0.39 is 15.8 Å². The van der Waals surface area contributed by atoms with Crippen LogP contribution in [0.4, 0.5) is 0 Å². The highest BCUT2D eigenvalue weighted by Gasteiger charge is 2.26. The van der Waals surface area contributed by atoms with Gasteiger partial charge >= 0.3 is 5.97 Å². The second-order valence-corrected chi connectivity index (χ2v) is 5.23. The van der Waals surface area contributed by atoms with E-state index >= 15 is 0 Å². The van der Waals surface area contributed by atoms with Crippen LogP contribution in [-0.4, -0.2) is 28.6 Å². The molecule has 0 fully saturated rings. The van der Waals surface area contributed by atoms with Crippen molar-refractivity contribution in [1.29, 1.82) is 0 Å². The highest BCUT2D eigenvalue weighted by molar-refractivity contribution is 7.94. The molecule has 1 aliphatic rings. The Hall–Kier alpha value is -1.82. The number of hydrogen-bond acceptors (Lipinski definition) is 5. The van der Waals surface area contributed by atoms with Crippen LogP contribution in [0.15, 0.2) is 22.4 Å². The van der Waals surface area contributed by atoms with E-state index in [4.69, 9.17) is 4.74 Å². The normalized spacial score (nSPS) is 15.4. The molecule has 0 atom stereocenters. The number of rotatable bonds is 2. The average molecular weight is 254 g/mol. The fourth-order valence-corrected chi connectivity index (χ4v) is 2.86. The van der Waals surface area contributed by atoms with Gasteiger partial charge in [0.05, 0.1) is 24.7 Å². The molecule has 0 spiro atoms. The van der Waals surface area contributed by atoms with Gasteiger partial charge in [0, 0.05) is 11.0 Å². The lowest BCUT2D eigenvalue weighted by Crippen LogP contribution is -2.05. The van der Waals surface area contributed by atoms with Crippen LogP contribution in [0.3, 0.4) is 0 Å². The average Bonchev–Trinajstić information content (AvgIpc) is 2.63. The van der Waals surface area contributed by atoms with E-state index in [1.807, 2.05) is 0 Å². The van der Waals surface area contributed by atoms with Crippen LogP contribution >= 0.6 is 0 Å². The van der Waals surface area contributed by atoms with Crippen LogP contribution in [0, 0.1) is 0 Å². The van der Waals surface area contributed by atoms with Gasteiger partial charge in [0.25, 0.3) is 0 Å². The SMILES string of the molecule is COC(=O)c1cc(OC)c2c(c1)S(=O)(=O)C=C2. The van der Waals surface area contributed by atoms with Crippen molar-refractivity contribution < 1.29 is 22.7 Å². The Labute approximate surface area is 98.6 Å². The monoisotopic (exact) mass is 254 g/mol.